The molecule has 2 aromatic carbocycles. The minimum atomic E-state index is -0.844. The zero-order valence-corrected chi connectivity index (χ0v) is 19.2. The van der Waals surface area contributed by atoms with Crippen LogP contribution in [0.3, 0.4) is 0 Å². The van der Waals surface area contributed by atoms with Crippen molar-refractivity contribution in [2.24, 2.45) is 0 Å². The van der Waals surface area contributed by atoms with E-state index >= 15 is 0 Å². The highest BCUT2D eigenvalue weighted by Crippen LogP contribution is 2.39. The molecule has 2 aliphatic rings. The number of carbonyl (C=O) groups is 2. The molecule has 11 heteroatoms. The fraction of sp³-hybridized carbons (Fsp3) is 0.304. The van der Waals surface area contributed by atoms with Gasteiger partial charge in [-0.05, 0) is 18.6 Å². The van der Waals surface area contributed by atoms with E-state index in [-0.39, 0.29) is 35.7 Å². The molecule has 1 N–H and O–H groups in total. The third-order valence-electron chi connectivity index (χ3n) is 5.96. The summed E-state index contributed by atoms with van der Waals surface area (Å²) < 4.78 is 29.9. The van der Waals surface area contributed by atoms with Crippen LogP contribution in [0.4, 0.5) is 20.2 Å². The van der Waals surface area contributed by atoms with Gasteiger partial charge >= 0.3 is 0 Å². The van der Waals surface area contributed by atoms with Crippen LogP contribution >= 0.6 is 11.8 Å². The lowest BCUT2D eigenvalue weighted by Crippen LogP contribution is -2.48. The smallest absolute Gasteiger partial charge is 0.291 e. The summed E-state index contributed by atoms with van der Waals surface area (Å²) in [4.78, 5) is 33.9. The van der Waals surface area contributed by atoms with E-state index in [4.69, 9.17) is 0 Å². The number of aromatic nitrogens is 3. The Kier molecular flexibility index (Phi) is 5.94. The van der Waals surface area contributed by atoms with Gasteiger partial charge in [0.25, 0.3) is 5.91 Å². The Morgan fingerprint density at radius 1 is 1.18 bits per heavy atom. The van der Waals surface area contributed by atoms with Crippen LogP contribution in [0.15, 0.2) is 47.6 Å². The molecule has 0 spiro atoms. The molecule has 0 saturated carbocycles. The fourth-order valence-corrected chi connectivity index (χ4v) is 5.02. The topological polar surface area (TPSA) is 83.4 Å². The molecule has 1 aromatic heterocycles. The lowest BCUT2D eigenvalue weighted by Gasteiger charge is -2.34. The Balaban J connectivity index is 1.29. The van der Waals surface area contributed by atoms with Crippen molar-refractivity contribution >= 4 is 35.0 Å². The molecule has 0 bridgehead atoms. The normalized spacial score (nSPS) is 17.7. The van der Waals surface area contributed by atoms with Gasteiger partial charge < -0.3 is 15.1 Å². The Bertz CT molecular complexity index is 1260. The van der Waals surface area contributed by atoms with Crippen molar-refractivity contribution in [3.8, 4) is 0 Å². The summed E-state index contributed by atoms with van der Waals surface area (Å²) in [7, 11) is 1.57. The van der Waals surface area contributed by atoms with E-state index < -0.39 is 11.9 Å². The van der Waals surface area contributed by atoms with Crippen molar-refractivity contribution < 1.29 is 18.4 Å². The van der Waals surface area contributed by atoms with Crippen molar-refractivity contribution in [1.29, 1.82) is 0 Å². The maximum atomic E-state index is 14.7. The van der Waals surface area contributed by atoms with Crippen molar-refractivity contribution in [1.82, 2.24) is 20.1 Å². The second-order valence-corrected chi connectivity index (χ2v) is 9.27. The molecule has 2 amide bonds. The van der Waals surface area contributed by atoms with Gasteiger partial charge in [0.2, 0.25) is 11.7 Å². The number of benzene rings is 2. The molecule has 2 aliphatic heterocycles. The average Bonchev–Trinajstić information content (AvgIpc) is 3.22. The minimum Gasteiger partial charge on any atom is -0.369 e. The van der Waals surface area contributed by atoms with Gasteiger partial charge in [-0.25, -0.2) is 18.4 Å². The van der Waals surface area contributed by atoms with E-state index in [1.807, 2.05) is 4.90 Å². The first-order valence-electron chi connectivity index (χ1n) is 10.8. The summed E-state index contributed by atoms with van der Waals surface area (Å²) in [5.74, 6) is -1.56. The highest BCUT2D eigenvalue weighted by Gasteiger charge is 2.32. The molecule has 1 atom stereocenters. The fourth-order valence-electron chi connectivity index (χ4n) is 3.91. The second kappa shape index (κ2) is 9.05. The molecular formula is C23H22F2N6O2S. The second-order valence-electron chi connectivity index (χ2n) is 8.20. The Morgan fingerprint density at radius 2 is 1.97 bits per heavy atom. The number of anilines is 2. The van der Waals surface area contributed by atoms with Crippen LogP contribution in [0.1, 0.15) is 22.6 Å². The van der Waals surface area contributed by atoms with Gasteiger partial charge in [-0.1, -0.05) is 18.2 Å². The summed E-state index contributed by atoms with van der Waals surface area (Å²) in [5, 5.41) is 6.80. The van der Waals surface area contributed by atoms with E-state index in [0.717, 1.165) is 24.4 Å². The van der Waals surface area contributed by atoms with Gasteiger partial charge in [0.15, 0.2) is 0 Å². The monoisotopic (exact) mass is 484 g/mol. The molecule has 0 unspecified atom stereocenters. The molecule has 3 heterocycles. The van der Waals surface area contributed by atoms with Gasteiger partial charge in [0.1, 0.15) is 24.0 Å². The number of likely N-dealkylation sites (N-methyl/N-ethyl adjacent to an activating group) is 1. The number of hydrogen-bond donors (Lipinski definition) is 1. The number of nitrogens with zero attached hydrogens (tertiary/aromatic N) is 5. The lowest BCUT2D eigenvalue weighted by molar-refractivity contribution is -0.119. The molecule has 0 radical (unpaired) electrons. The first-order valence-corrected chi connectivity index (χ1v) is 11.8. The van der Waals surface area contributed by atoms with Crippen molar-refractivity contribution in [3.63, 3.8) is 0 Å². The summed E-state index contributed by atoms with van der Waals surface area (Å²) in [6.45, 7) is 1.74. The predicted octanol–water partition coefficient (Wildman–Crippen LogP) is 2.68. The molecule has 1 fully saturated rings. The van der Waals surface area contributed by atoms with E-state index in [1.165, 1.54) is 39.8 Å². The van der Waals surface area contributed by atoms with E-state index in [0.29, 0.717) is 16.9 Å². The number of nitrogens with one attached hydrogen (secondary N) is 1. The SMILES string of the molecule is CN1C(=O)[C@@H](NC(=O)c2ncn(Cc3ccccc3F)n2)CSc2cc(N3CCC3)c(F)cc21. The van der Waals surface area contributed by atoms with E-state index in [1.54, 1.807) is 31.3 Å². The Morgan fingerprint density at radius 3 is 2.71 bits per heavy atom. The largest absolute Gasteiger partial charge is 0.369 e. The molecule has 5 rings (SSSR count). The summed E-state index contributed by atoms with van der Waals surface area (Å²) in [6.07, 6.45) is 2.37. The van der Waals surface area contributed by atoms with Crippen LogP contribution < -0.4 is 15.1 Å². The third-order valence-corrected chi connectivity index (χ3v) is 7.09. The van der Waals surface area contributed by atoms with Gasteiger partial charge in [0, 0.05) is 42.4 Å². The number of fused-ring (bicyclic) bond motifs is 1. The van der Waals surface area contributed by atoms with Crippen LogP contribution in [-0.2, 0) is 11.3 Å². The van der Waals surface area contributed by atoms with Gasteiger partial charge in [-0.15, -0.1) is 16.9 Å². The quantitative estimate of drug-likeness (QED) is 0.600. The first-order chi connectivity index (χ1) is 16.4. The molecule has 3 aromatic rings. The maximum Gasteiger partial charge on any atom is 0.291 e. The van der Waals surface area contributed by atoms with E-state index in [9.17, 15) is 18.4 Å². The summed E-state index contributed by atoms with van der Waals surface area (Å²) in [5.41, 5.74) is 1.42. The highest BCUT2D eigenvalue weighted by molar-refractivity contribution is 7.99. The van der Waals surface area contributed by atoms with E-state index in [2.05, 4.69) is 15.4 Å². The zero-order chi connectivity index (χ0) is 23.8. The third kappa shape index (κ3) is 4.23. The number of halogens is 2. The maximum absolute atomic E-state index is 14.7. The van der Waals surface area contributed by atoms with Gasteiger partial charge in [-0.3, -0.25) is 9.59 Å². The molecule has 8 nitrogen and oxygen atoms in total. The Labute approximate surface area is 198 Å². The number of amides is 2. The van der Waals surface area contributed by atoms with Crippen molar-refractivity contribution in [3.05, 3.63) is 65.7 Å². The molecular weight excluding hydrogens is 462 g/mol. The molecule has 34 heavy (non-hydrogen) atoms. The predicted molar refractivity (Wildman–Crippen MR) is 124 cm³/mol. The Hall–Kier alpha value is -3.47. The highest BCUT2D eigenvalue weighted by atomic mass is 32.2. The number of carbonyl (C=O) groups excluding carboxylic acids is 2. The van der Waals surface area contributed by atoms with Gasteiger partial charge in [0.05, 0.1) is 17.9 Å². The van der Waals surface area contributed by atoms with Gasteiger partial charge in [-0.2, -0.15) is 0 Å². The van der Waals surface area contributed by atoms with Crippen LogP contribution in [0.2, 0.25) is 0 Å². The molecule has 176 valence electrons. The standard InChI is InChI=1S/C23H22F2N6O2S/c1-29-19-9-16(25)18(30-7-4-8-30)10-20(19)34-12-17(23(29)33)27-22(32)21-26-13-31(28-21)11-14-5-2-3-6-15(14)24/h2-3,5-6,9-10,13,17H,4,7-8,11-12H2,1H3,(H,27,32)/t17-/m0/s1. The van der Waals surface area contributed by atoms with Crippen LogP contribution in [0.25, 0.3) is 0 Å². The van der Waals surface area contributed by atoms with Crippen LogP contribution in [0, 0.1) is 11.6 Å². The average molecular weight is 485 g/mol. The summed E-state index contributed by atoms with van der Waals surface area (Å²) in [6, 6.07) is 8.59. The first kappa shape index (κ1) is 22.3. The molecule has 1 saturated heterocycles. The lowest BCUT2D eigenvalue weighted by atomic mass is 10.1. The zero-order valence-electron chi connectivity index (χ0n) is 18.4. The molecule has 0 aliphatic carbocycles. The van der Waals surface area contributed by atoms with Crippen LogP contribution in [-0.4, -0.2) is 58.5 Å². The number of thioether (sulfide) groups is 1. The summed E-state index contributed by atoms with van der Waals surface area (Å²) >= 11 is 1.39. The van der Waals surface area contributed by atoms with Crippen LogP contribution in [0.5, 0.6) is 0 Å². The minimum absolute atomic E-state index is 0.119. The van der Waals surface area contributed by atoms with Crippen molar-refractivity contribution in [2.45, 2.75) is 23.9 Å². The number of hydrogen-bond acceptors (Lipinski definition) is 6. The van der Waals surface area contributed by atoms with Crippen molar-refractivity contribution in [2.75, 3.05) is 35.7 Å². The number of rotatable bonds is 5.